The van der Waals surface area contributed by atoms with Crippen LogP contribution in [0.3, 0.4) is 0 Å². The molecule has 0 radical (unpaired) electrons. The smallest absolute Gasteiger partial charge is 0.152 e. The van der Waals surface area contributed by atoms with Crippen molar-refractivity contribution in [2.24, 2.45) is 5.41 Å². The summed E-state index contributed by atoms with van der Waals surface area (Å²) in [6.07, 6.45) is 0. The molecule has 0 aromatic heterocycles. The molecule has 0 aliphatic carbocycles. The summed E-state index contributed by atoms with van der Waals surface area (Å²) in [6, 6.07) is 0.523. The first kappa shape index (κ1) is 13.0. The van der Waals surface area contributed by atoms with Gasteiger partial charge in [-0.2, -0.15) is 11.8 Å². The van der Waals surface area contributed by atoms with E-state index in [9.17, 15) is 4.79 Å². The number of Topliss-reactive ketones (excluding diaryl/α,β-unsaturated/α-hetero) is 1. The van der Waals surface area contributed by atoms with Crippen LogP contribution in [0.5, 0.6) is 0 Å². The maximum absolute atomic E-state index is 11.9. The number of rotatable bonds is 2. The van der Waals surface area contributed by atoms with Crippen molar-refractivity contribution < 1.29 is 4.79 Å². The van der Waals surface area contributed by atoms with Gasteiger partial charge in [-0.3, -0.25) is 9.69 Å². The summed E-state index contributed by atoms with van der Waals surface area (Å²) < 4.78 is 0. The van der Waals surface area contributed by atoms with Crippen molar-refractivity contribution in [1.29, 1.82) is 0 Å². The van der Waals surface area contributed by atoms with Gasteiger partial charge in [0.1, 0.15) is 0 Å². The molecule has 1 rings (SSSR count). The topological polar surface area (TPSA) is 20.3 Å². The third kappa shape index (κ3) is 3.49. The molecule has 15 heavy (non-hydrogen) atoms. The summed E-state index contributed by atoms with van der Waals surface area (Å²) in [5, 5.41) is 0.645. The molecule has 0 bridgehead atoms. The molecule has 1 aliphatic heterocycles. The molecule has 88 valence electrons. The largest absolute Gasteiger partial charge is 0.298 e. The number of thioether (sulfide) groups is 1. The Hall–Kier alpha value is -0.0200. The second-order valence-electron chi connectivity index (χ2n) is 5.46. The summed E-state index contributed by atoms with van der Waals surface area (Å²) in [7, 11) is 0. The zero-order chi connectivity index (χ0) is 11.6. The first-order chi connectivity index (χ1) is 6.82. The van der Waals surface area contributed by atoms with Gasteiger partial charge in [0.2, 0.25) is 0 Å². The standard InChI is InChI=1S/C12H23NOS/c1-9-10(2)15-7-6-13(9)8-11(14)12(3,4)5/h9-10H,6-8H2,1-5H3. The van der Waals surface area contributed by atoms with E-state index in [0.717, 1.165) is 12.3 Å². The van der Waals surface area contributed by atoms with E-state index in [-0.39, 0.29) is 5.41 Å². The summed E-state index contributed by atoms with van der Waals surface area (Å²) in [5.74, 6) is 1.51. The Labute approximate surface area is 97.8 Å². The highest BCUT2D eigenvalue weighted by Crippen LogP contribution is 2.25. The van der Waals surface area contributed by atoms with Crippen LogP contribution in [0.2, 0.25) is 0 Å². The van der Waals surface area contributed by atoms with Crippen LogP contribution in [-0.2, 0) is 4.79 Å². The van der Waals surface area contributed by atoms with Crippen molar-refractivity contribution in [3.8, 4) is 0 Å². The maximum Gasteiger partial charge on any atom is 0.152 e. The van der Waals surface area contributed by atoms with Crippen LogP contribution in [-0.4, -0.2) is 40.8 Å². The third-order valence-corrected chi connectivity index (χ3v) is 4.54. The van der Waals surface area contributed by atoms with Crippen molar-refractivity contribution >= 4 is 17.5 Å². The third-order valence-electron chi connectivity index (χ3n) is 3.20. The Balaban J connectivity index is 2.54. The van der Waals surface area contributed by atoms with Gasteiger partial charge in [-0.05, 0) is 6.92 Å². The molecular weight excluding hydrogens is 206 g/mol. The number of carbonyl (C=O) groups excluding carboxylic acids is 1. The number of hydrogen-bond acceptors (Lipinski definition) is 3. The van der Waals surface area contributed by atoms with Crippen LogP contribution >= 0.6 is 11.8 Å². The summed E-state index contributed by atoms with van der Waals surface area (Å²) in [4.78, 5) is 14.3. The second-order valence-corrected chi connectivity index (χ2v) is 6.95. The molecule has 2 unspecified atom stereocenters. The van der Waals surface area contributed by atoms with Gasteiger partial charge in [0.25, 0.3) is 0 Å². The van der Waals surface area contributed by atoms with Crippen molar-refractivity contribution in [2.75, 3.05) is 18.8 Å². The lowest BCUT2D eigenvalue weighted by Crippen LogP contribution is -2.48. The molecule has 1 fully saturated rings. The van der Waals surface area contributed by atoms with E-state index in [4.69, 9.17) is 0 Å². The fraction of sp³-hybridized carbons (Fsp3) is 0.917. The predicted octanol–water partition coefficient (Wildman–Crippen LogP) is 2.43. The molecule has 2 atom stereocenters. The first-order valence-electron chi connectivity index (χ1n) is 5.71. The highest BCUT2D eigenvalue weighted by Gasteiger charge is 2.30. The van der Waals surface area contributed by atoms with Crippen LogP contribution in [0.15, 0.2) is 0 Å². The SMILES string of the molecule is CC1SCCN(CC(=O)C(C)(C)C)C1C. The quantitative estimate of drug-likeness (QED) is 0.725. The number of nitrogens with zero attached hydrogens (tertiary/aromatic N) is 1. The first-order valence-corrected chi connectivity index (χ1v) is 6.76. The molecule has 1 saturated heterocycles. The van der Waals surface area contributed by atoms with Crippen molar-refractivity contribution in [1.82, 2.24) is 4.90 Å². The van der Waals surface area contributed by atoms with Crippen LogP contribution in [0.25, 0.3) is 0 Å². The Morgan fingerprint density at radius 1 is 1.40 bits per heavy atom. The molecule has 0 aromatic carbocycles. The van der Waals surface area contributed by atoms with E-state index >= 15 is 0 Å². The fourth-order valence-corrected chi connectivity index (χ4v) is 2.80. The van der Waals surface area contributed by atoms with Crippen LogP contribution in [0.1, 0.15) is 34.6 Å². The Bertz CT molecular complexity index is 234. The molecule has 0 N–H and O–H groups in total. The summed E-state index contributed by atoms with van der Waals surface area (Å²) >= 11 is 2.01. The molecule has 0 amide bonds. The molecule has 0 aromatic rings. The van der Waals surface area contributed by atoms with E-state index in [2.05, 4.69) is 18.7 Å². The van der Waals surface area contributed by atoms with E-state index in [1.807, 2.05) is 32.5 Å². The predicted molar refractivity (Wildman–Crippen MR) is 67.4 cm³/mol. The molecule has 3 heteroatoms. The van der Waals surface area contributed by atoms with E-state index in [1.54, 1.807) is 0 Å². The average molecular weight is 229 g/mol. The molecular formula is C12H23NOS. The Kier molecular flexibility index (Phi) is 4.24. The number of carbonyl (C=O) groups is 1. The minimum absolute atomic E-state index is 0.201. The maximum atomic E-state index is 11.9. The average Bonchev–Trinajstić information content (AvgIpc) is 2.11. The lowest BCUT2D eigenvalue weighted by atomic mass is 9.90. The van der Waals surface area contributed by atoms with Crippen molar-refractivity contribution in [3.63, 3.8) is 0 Å². The van der Waals surface area contributed by atoms with Gasteiger partial charge in [0.05, 0.1) is 6.54 Å². The van der Waals surface area contributed by atoms with Gasteiger partial charge in [0.15, 0.2) is 5.78 Å². The van der Waals surface area contributed by atoms with Crippen molar-refractivity contribution in [2.45, 2.75) is 45.9 Å². The number of ketones is 1. The monoisotopic (exact) mass is 229 g/mol. The number of hydrogen-bond donors (Lipinski definition) is 0. The van der Waals surface area contributed by atoms with Crippen LogP contribution < -0.4 is 0 Å². The molecule has 0 spiro atoms. The molecule has 0 saturated carbocycles. The van der Waals surface area contributed by atoms with Crippen LogP contribution in [0, 0.1) is 5.41 Å². The zero-order valence-electron chi connectivity index (χ0n) is 10.5. The van der Waals surface area contributed by atoms with Crippen LogP contribution in [0.4, 0.5) is 0 Å². The van der Waals surface area contributed by atoms with E-state index in [1.165, 1.54) is 0 Å². The summed E-state index contributed by atoms with van der Waals surface area (Å²) in [6.45, 7) is 12.2. The normalized spacial score (nSPS) is 29.1. The van der Waals surface area contributed by atoms with Gasteiger partial charge in [-0.1, -0.05) is 27.7 Å². The van der Waals surface area contributed by atoms with Gasteiger partial charge in [-0.25, -0.2) is 0 Å². The lowest BCUT2D eigenvalue weighted by Gasteiger charge is -2.38. The fourth-order valence-electron chi connectivity index (χ4n) is 1.64. The van der Waals surface area contributed by atoms with Gasteiger partial charge < -0.3 is 0 Å². The van der Waals surface area contributed by atoms with Gasteiger partial charge in [0, 0.05) is 29.0 Å². The zero-order valence-corrected chi connectivity index (χ0v) is 11.4. The highest BCUT2D eigenvalue weighted by molar-refractivity contribution is 8.00. The van der Waals surface area contributed by atoms with E-state index in [0.29, 0.717) is 23.6 Å². The second kappa shape index (κ2) is 4.88. The lowest BCUT2D eigenvalue weighted by molar-refractivity contribution is -0.127. The molecule has 1 heterocycles. The minimum atomic E-state index is -0.201. The molecule has 1 aliphatic rings. The van der Waals surface area contributed by atoms with Crippen molar-refractivity contribution in [3.05, 3.63) is 0 Å². The van der Waals surface area contributed by atoms with Gasteiger partial charge in [-0.15, -0.1) is 0 Å². The minimum Gasteiger partial charge on any atom is -0.298 e. The Morgan fingerprint density at radius 3 is 2.53 bits per heavy atom. The van der Waals surface area contributed by atoms with Gasteiger partial charge >= 0.3 is 0 Å². The highest BCUT2D eigenvalue weighted by atomic mass is 32.2. The summed E-state index contributed by atoms with van der Waals surface area (Å²) in [5.41, 5.74) is -0.201. The molecule has 2 nitrogen and oxygen atoms in total. The van der Waals surface area contributed by atoms with E-state index < -0.39 is 0 Å². The Morgan fingerprint density at radius 2 is 2.00 bits per heavy atom.